The summed E-state index contributed by atoms with van der Waals surface area (Å²) < 4.78 is 0. The Kier molecular flexibility index (Phi) is 2.54. The molecule has 0 radical (unpaired) electrons. The molecule has 6 rings (SSSR count). The zero-order valence-corrected chi connectivity index (χ0v) is 12.8. The summed E-state index contributed by atoms with van der Waals surface area (Å²) in [7, 11) is 0. The van der Waals surface area contributed by atoms with E-state index in [1.807, 2.05) is 42.5 Å². The monoisotopic (exact) mass is 310 g/mol. The molecule has 6 aromatic carbocycles. The molecule has 0 fully saturated rings. The number of benzene rings is 6. The van der Waals surface area contributed by atoms with E-state index in [9.17, 15) is 10.2 Å². The summed E-state index contributed by atoms with van der Waals surface area (Å²) in [6.07, 6.45) is 0. The Morgan fingerprint density at radius 1 is 0.500 bits per heavy atom. The van der Waals surface area contributed by atoms with Gasteiger partial charge in [0.2, 0.25) is 0 Å². The van der Waals surface area contributed by atoms with Crippen molar-refractivity contribution in [3.8, 4) is 22.6 Å². The van der Waals surface area contributed by atoms with Gasteiger partial charge in [0.25, 0.3) is 0 Å². The Morgan fingerprint density at radius 2 is 1.12 bits per heavy atom. The Balaban J connectivity index is 2.03. The summed E-state index contributed by atoms with van der Waals surface area (Å²) in [5.74, 6) is -0.0807. The fraction of sp³-hybridized carbons (Fsp3) is 0. The minimum atomic E-state index is -0.0409. The van der Waals surface area contributed by atoms with Gasteiger partial charge in [-0.3, -0.25) is 0 Å². The van der Waals surface area contributed by atoms with Gasteiger partial charge in [0.15, 0.2) is 11.5 Å². The minimum Gasteiger partial charge on any atom is -0.504 e. The summed E-state index contributed by atoms with van der Waals surface area (Å²) in [4.78, 5) is 0. The smallest absolute Gasteiger partial charge is 0.166 e. The standard InChI is InChI=1S/C22H14O2/c23-21-15-9-10-18(22(21)24)19(12-15)20-16-7-3-1-5-13(16)11-14-6-2-4-8-17(14)20/h1-12,23-24H. The molecule has 24 heavy (non-hydrogen) atoms. The molecule has 2 heteroatoms. The van der Waals surface area contributed by atoms with Crippen molar-refractivity contribution in [3.63, 3.8) is 0 Å². The Bertz CT molecular complexity index is 1170. The van der Waals surface area contributed by atoms with E-state index in [0.29, 0.717) is 10.8 Å². The fourth-order valence-corrected chi connectivity index (χ4v) is 3.67. The predicted octanol–water partition coefficient (Wildman–Crippen LogP) is 5.66. The fourth-order valence-electron chi connectivity index (χ4n) is 3.67. The number of fused-ring (bicyclic) bond motifs is 5. The van der Waals surface area contributed by atoms with E-state index in [4.69, 9.17) is 0 Å². The first-order valence-corrected chi connectivity index (χ1v) is 7.92. The van der Waals surface area contributed by atoms with Gasteiger partial charge >= 0.3 is 0 Å². The SMILES string of the molecule is Oc1c(O)c2ccc1cc2-c1c2ccccc2cc2ccccc12. The van der Waals surface area contributed by atoms with E-state index in [-0.39, 0.29) is 11.5 Å². The predicted molar refractivity (Wildman–Crippen MR) is 98.9 cm³/mol. The largest absolute Gasteiger partial charge is 0.504 e. The molecule has 0 aliphatic carbocycles. The highest BCUT2D eigenvalue weighted by Crippen LogP contribution is 2.46. The second-order valence-corrected chi connectivity index (χ2v) is 6.15. The lowest BCUT2D eigenvalue weighted by atomic mass is 9.88. The van der Waals surface area contributed by atoms with Gasteiger partial charge in [-0.15, -0.1) is 0 Å². The van der Waals surface area contributed by atoms with E-state index in [1.165, 1.54) is 0 Å². The van der Waals surface area contributed by atoms with Gasteiger partial charge in [0, 0.05) is 10.8 Å². The van der Waals surface area contributed by atoms with Gasteiger partial charge in [-0.2, -0.15) is 0 Å². The molecule has 2 nitrogen and oxygen atoms in total. The zero-order valence-electron chi connectivity index (χ0n) is 12.8. The minimum absolute atomic E-state index is 0.0398. The van der Waals surface area contributed by atoms with Crippen molar-refractivity contribution in [1.29, 1.82) is 0 Å². The first-order chi connectivity index (χ1) is 11.7. The van der Waals surface area contributed by atoms with Gasteiger partial charge in [-0.05, 0) is 50.9 Å². The van der Waals surface area contributed by atoms with Crippen LogP contribution < -0.4 is 0 Å². The van der Waals surface area contributed by atoms with Crippen molar-refractivity contribution >= 4 is 32.3 Å². The number of hydrogen-bond acceptors (Lipinski definition) is 2. The molecule has 0 atom stereocenters. The maximum absolute atomic E-state index is 10.3. The molecule has 0 amide bonds. The molecule has 6 aromatic rings. The lowest BCUT2D eigenvalue weighted by molar-refractivity contribution is 0.411. The van der Waals surface area contributed by atoms with Crippen LogP contribution in [0.3, 0.4) is 0 Å². The van der Waals surface area contributed by atoms with Crippen molar-refractivity contribution in [2.75, 3.05) is 0 Å². The average Bonchev–Trinajstić information content (AvgIpc) is 2.63. The van der Waals surface area contributed by atoms with Crippen LogP contribution in [-0.2, 0) is 0 Å². The molecule has 0 aromatic heterocycles. The third-order valence-electron chi connectivity index (χ3n) is 4.81. The van der Waals surface area contributed by atoms with Crippen molar-refractivity contribution in [2.45, 2.75) is 0 Å². The number of phenols is 4. The summed E-state index contributed by atoms with van der Waals surface area (Å²) in [6.45, 7) is 0. The van der Waals surface area contributed by atoms with E-state index < -0.39 is 0 Å². The zero-order chi connectivity index (χ0) is 16.3. The van der Waals surface area contributed by atoms with Crippen LogP contribution in [0.4, 0.5) is 0 Å². The highest BCUT2D eigenvalue weighted by atomic mass is 16.3. The van der Waals surface area contributed by atoms with Crippen LogP contribution in [0.1, 0.15) is 0 Å². The normalized spacial score (nSPS) is 11.7. The molecule has 0 aliphatic rings. The molecule has 0 saturated heterocycles. The van der Waals surface area contributed by atoms with Crippen molar-refractivity contribution < 1.29 is 10.2 Å². The van der Waals surface area contributed by atoms with Gasteiger partial charge in [-0.25, -0.2) is 0 Å². The quantitative estimate of drug-likeness (QED) is 0.310. The van der Waals surface area contributed by atoms with Crippen LogP contribution in [0.5, 0.6) is 11.5 Å². The molecule has 0 aliphatic heterocycles. The van der Waals surface area contributed by atoms with Gasteiger partial charge < -0.3 is 10.2 Å². The van der Waals surface area contributed by atoms with Gasteiger partial charge in [0.1, 0.15) is 0 Å². The lowest BCUT2D eigenvalue weighted by Gasteiger charge is -2.16. The van der Waals surface area contributed by atoms with Crippen LogP contribution >= 0.6 is 0 Å². The molecule has 0 saturated carbocycles. The van der Waals surface area contributed by atoms with Crippen LogP contribution in [0.15, 0.2) is 72.8 Å². The molecular weight excluding hydrogens is 296 g/mol. The summed E-state index contributed by atoms with van der Waals surface area (Å²) in [6, 6.07) is 24.4. The van der Waals surface area contributed by atoms with Crippen molar-refractivity contribution in [3.05, 3.63) is 72.8 Å². The Morgan fingerprint density at radius 3 is 1.75 bits per heavy atom. The van der Waals surface area contributed by atoms with Crippen LogP contribution in [-0.4, -0.2) is 10.2 Å². The topological polar surface area (TPSA) is 40.5 Å². The van der Waals surface area contributed by atoms with Crippen LogP contribution in [0.25, 0.3) is 43.4 Å². The van der Waals surface area contributed by atoms with E-state index in [2.05, 4.69) is 30.3 Å². The summed E-state index contributed by atoms with van der Waals surface area (Å²) in [5, 5.41) is 26.3. The van der Waals surface area contributed by atoms with E-state index in [0.717, 1.165) is 32.7 Å². The highest BCUT2D eigenvalue weighted by molar-refractivity contribution is 6.17. The van der Waals surface area contributed by atoms with E-state index >= 15 is 0 Å². The molecule has 0 heterocycles. The first-order valence-electron chi connectivity index (χ1n) is 7.92. The third-order valence-corrected chi connectivity index (χ3v) is 4.81. The Labute approximate surface area is 138 Å². The maximum Gasteiger partial charge on any atom is 0.166 e. The van der Waals surface area contributed by atoms with Crippen molar-refractivity contribution in [1.82, 2.24) is 0 Å². The molecule has 0 spiro atoms. The van der Waals surface area contributed by atoms with Crippen LogP contribution in [0, 0.1) is 0 Å². The second kappa shape index (κ2) is 4.62. The number of aromatic hydroxyl groups is 2. The number of hydrogen-bond donors (Lipinski definition) is 2. The molecule has 0 unspecified atom stereocenters. The van der Waals surface area contributed by atoms with Gasteiger partial charge in [-0.1, -0.05) is 54.6 Å². The maximum atomic E-state index is 10.3. The number of rotatable bonds is 1. The van der Waals surface area contributed by atoms with Crippen LogP contribution in [0.2, 0.25) is 0 Å². The van der Waals surface area contributed by atoms with E-state index in [1.54, 1.807) is 0 Å². The lowest BCUT2D eigenvalue weighted by Crippen LogP contribution is -1.89. The molecule has 2 bridgehead atoms. The van der Waals surface area contributed by atoms with Gasteiger partial charge in [0.05, 0.1) is 0 Å². The Hall–Kier alpha value is -3.26. The highest BCUT2D eigenvalue weighted by Gasteiger charge is 2.18. The second-order valence-electron chi connectivity index (χ2n) is 6.15. The average molecular weight is 310 g/mol. The number of phenolic OH excluding ortho intramolecular Hbond substituents is 2. The van der Waals surface area contributed by atoms with Crippen molar-refractivity contribution in [2.24, 2.45) is 0 Å². The molecular formula is C22H14O2. The third kappa shape index (κ3) is 1.65. The first kappa shape index (κ1) is 13.2. The molecule has 114 valence electrons. The summed E-state index contributed by atoms with van der Waals surface area (Å²) in [5.41, 5.74) is 2.05. The summed E-state index contributed by atoms with van der Waals surface area (Å²) >= 11 is 0. The molecule has 2 N–H and O–H groups in total.